The standard InChI is InChI=1S/C27H24F2N4O3.3H2/c1-15-5-10-19-21(13-15)31-25(23-20(29)3-2-4-22(23)34)32-26(19)33-12-11-18(14-33)30-27(36)24(35)16-6-8-17(28)9-7-16;;;/h2-10,13,18,24,34-35H,11-12,14H2,1H3,(H,30,36);3*1H/t18-,24?;;;/m1.../s1. The SMILES string of the molecule is Cc1ccc2c(N3CC[C@@H](NC(=O)C(O)c4ccc(F)cc4)C3)nc(-c3c(O)cccc3F)nc2c1.[HH].[HH].[HH]. The summed E-state index contributed by atoms with van der Waals surface area (Å²) in [4.78, 5) is 23.7. The number of aromatic nitrogens is 2. The number of hydrogen-bond acceptors (Lipinski definition) is 6. The van der Waals surface area contributed by atoms with Crippen LogP contribution in [-0.4, -0.2) is 45.2 Å². The molecule has 1 aliphatic heterocycles. The molecule has 1 unspecified atom stereocenters. The molecule has 1 saturated heterocycles. The number of fused-ring (bicyclic) bond motifs is 1. The Hall–Kier alpha value is -4.11. The Kier molecular flexibility index (Phi) is 6.24. The summed E-state index contributed by atoms with van der Waals surface area (Å²) in [5, 5.41) is 24.3. The van der Waals surface area contributed by atoms with Gasteiger partial charge in [-0.2, -0.15) is 0 Å². The van der Waals surface area contributed by atoms with E-state index in [1.807, 2.05) is 30.0 Å². The Morgan fingerprint density at radius 3 is 2.67 bits per heavy atom. The van der Waals surface area contributed by atoms with Crippen molar-refractivity contribution in [2.75, 3.05) is 18.0 Å². The number of anilines is 1. The molecule has 0 radical (unpaired) electrons. The molecule has 2 heterocycles. The highest BCUT2D eigenvalue weighted by Crippen LogP contribution is 2.34. The summed E-state index contributed by atoms with van der Waals surface area (Å²) >= 11 is 0. The number of nitrogens with one attached hydrogen (secondary N) is 1. The van der Waals surface area contributed by atoms with Crippen LogP contribution in [0.2, 0.25) is 0 Å². The Morgan fingerprint density at radius 2 is 1.92 bits per heavy atom. The van der Waals surface area contributed by atoms with Crippen LogP contribution in [0.4, 0.5) is 14.6 Å². The van der Waals surface area contributed by atoms with Crippen molar-refractivity contribution in [2.24, 2.45) is 0 Å². The number of aryl methyl sites for hydroxylation is 1. The molecule has 36 heavy (non-hydrogen) atoms. The molecule has 0 saturated carbocycles. The zero-order chi connectivity index (χ0) is 25.4. The number of carbonyl (C=O) groups excluding carboxylic acids is 1. The lowest BCUT2D eigenvalue weighted by Crippen LogP contribution is -2.40. The van der Waals surface area contributed by atoms with E-state index in [4.69, 9.17) is 0 Å². The number of aliphatic hydroxyl groups excluding tert-OH is 1. The molecule has 1 amide bonds. The minimum atomic E-state index is -1.42. The Bertz CT molecular complexity index is 1440. The fraction of sp³-hybridized carbons (Fsp3) is 0.222. The van der Waals surface area contributed by atoms with Gasteiger partial charge in [-0.05, 0) is 60.9 Å². The molecule has 2 atom stereocenters. The monoisotopic (exact) mass is 496 g/mol. The average Bonchev–Trinajstić information content (AvgIpc) is 3.31. The Labute approximate surface area is 210 Å². The number of aromatic hydroxyl groups is 1. The van der Waals surface area contributed by atoms with E-state index < -0.39 is 23.6 Å². The minimum absolute atomic E-state index is 0. The number of rotatable bonds is 5. The fourth-order valence-corrected chi connectivity index (χ4v) is 4.46. The van der Waals surface area contributed by atoms with Gasteiger partial charge in [0.15, 0.2) is 11.9 Å². The molecule has 4 aromatic rings. The van der Waals surface area contributed by atoms with E-state index in [0.717, 1.165) is 10.9 Å². The number of aliphatic hydroxyl groups is 1. The van der Waals surface area contributed by atoms with Gasteiger partial charge in [0, 0.05) is 28.8 Å². The Morgan fingerprint density at radius 1 is 1.14 bits per heavy atom. The van der Waals surface area contributed by atoms with Crippen LogP contribution in [0.15, 0.2) is 60.7 Å². The van der Waals surface area contributed by atoms with Crippen molar-refractivity contribution in [1.29, 1.82) is 0 Å². The van der Waals surface area contributed by atoms with E-state index in [1.54, 1.807) is 0 Å². The number of phenolic OH excluding ortho intramolecular Hbond substituents is 1. The lowest BCUT2D eigenvalue weighted by molar-refractivity contribution is -0.130. The van der Waals surface area contributed by atoms with E-state index in [9.17, 15) is 23.8 Å². The van der Waals surface area contributed by atoms with Crippen molar-refractivity contribution in [3.63, 3.8) is 0 Å². The summed E-state index contributed by atoms with van der Waals surface area (Å²) in [6.07, 6.45) is -0.822. The van der Waals surface area contributed by atoms with Crippen molar-refractivity contribution < 1.29 is 28.1 Å². The van der Waals surface area contributed by atoms with Crippen LogP contribution in [0, 0.1) is 18.6 Å². The maximum atomic E-state index is 14.6. The lowest BCUT2D eigenvalue weighted by Gasteiger charge is -2.21. The fourth-order valence-electron chi connectivity index (χ4n) is 4.46. The van der Waals surface area contributed by atoms with Crippen LogP contribution in [0.25, 0.3) is 22.3 Å². The number of benzene rings is 3. The minimum Gasteiger partial charge on any atom is -0.507 e. The van der Waals surface area contributed by atoms with Crippen LogP contribution in [0.3, 0.4) is 0 Å². The van der Waals surface area contributed by atoms with Gasteiger partial charge >= 0.3 is 0 Å². The molecular formula is C27H30F2N4O3. The quantitative estimate of drug-likeness (QED) is 0.369. The van der Waals surface area contributed by atoms with Crippen molar-refractivity contribution >= 4 is 22.6 Å². The molecule has 3 aromatic carbocycles. The zero-order valence-corrected chi connectivity index (χ0v) is 19.4. The van der Waals surface area contributed by atoms with E-state index in [2.05, 4.69) is 15.3 Å². The molecule has 5 rings (SSSR count). The van der Waals surface area contributed by atoms with Crippen molar-refractivity contribution in [3.05, 3.63) is 83.4 Å². The van der Waals surface area contributed by atoms with E-state index in [-0.39, 0.29) is 27.5 Å². The average molecular weight is 497 g/mol. The van der Waals surface area contributed by atoms with Gasteiger partial charge in [0.1, 0.15) is 23.2 Å². The summed E-state index contributed by atoms with van der Waals surface area (Å²) in [6.45, 7) is 2.89. The number of phenols is 1. The molecular weight excluding hydrogens is 466 g/mol. The van der Waals surface area contributed by atoms with Gasteiger partial charge in [-0.25, -0.2) is 18.7 Å². The molecule has 7 nitrogen and oxygen atoms in total. The first-order valence-corrected chi connectivity index (χ1v) is 11.6. The summed E-state index contributed by atoms with van der Waals surface area (Å²) in [6, 6.07) is 14.6. The van der Waals surface area contributed by atoms with Gasteiger partial charge in [-0.15, -0.1) is 0 Å². The number of nitrogens with zero attached hydrogens (tertiary/aromatic N) is 3. The van der Waals surface area contributed by atoms with Gasteiger partial charge < -0.3 is 20.4 Å². The number of amides is 1. The first-order chi connectivity index (χ1) is 17.3. The summed E-state index contributed by atoms with van der Waals surface area (Å²) < 4.78 is 27.8. The van der Waals surface area contributed by atoms with Crippen molar-refractivity contribution in [2.45, 2.75) is 25.5 Å². The van der Waals surface area contributed by atoms with Crippen LogP contribution in [-0.2, 0) is 4.79 Å². The van der Waals surface area contributed by atoms with E-state index >= 15 is 0 Å². The second-order valence-corrected chi connectivity index (χ2v) is 8.92. The van der Waals surface area contributed by atoms with Crippen molar-refractivity contribution in [3.8, 4) is 17.1 Å². The van der Waals surface area contributed by atoms with Gasteiger partial charge in [-0.3, -0.25) is 4.79 Å². The highest BCUT2D eigenvalue weighted by molar-refractivity contribution is 5.92. The summed E-state index contributed by atoms with van der Waals surface area (Å²) in [5.41, 5.74) is 1.80. The highest BCUT2D eigenvalue weighted by atomic mass is 19.1. The third kappa shape index (κ3) is 4.57. The van der Waals surface area contributed by atoms with Crippen LogP contribution >= 0.6 is 0 Å². The number of carbonyl (C=O) groups is 1. The second kappa shape index (κ2) is 9.50. The zero-order valence-electron chi connectivity index (χ0n) is 19.4. The van der Waals surface area contributed by atoms with Gasteiger partial charge in [0.25, 0.3) is 5.91 Å². The molecule has 0 aliphatic carbocycles. The molecule has 0 spiro atoms. The predicted octanol–water partition coefficient (Wildman–Crippen LogP) is 4.76. The molecule has 3 N–H and O–H groups in total. The first-order valence-electron chi connectivity index (χ1n) is 11.6. The second-order valence-electron chi connectivity index (χ2n) is 8.92. The topological polar surface area (TPSA) is 98.6 Å². The molecule has 9 heteroatoms. The molecule has 0 bridgehead atoms. The molecule has 190 valence electrons. The maximum absolute atomic E-state index is 14.6. The third-order valence-corrected chi connectivity index (χ3v) is 6.32. The normalized spacial score (nSPS) is 16.3. The van der Waals surface area contributed by atoms with Crippen LogP contribution in [0.1, 0.15) is 27.9 Å². The van der Waals surface area contributed by atoms with Gasteiger partial charge in [0.05, 0.1) is 11.1 Å². The highest BCUT2D eigenvalue weighted by Gasteiger charge is 2.29. The predicted molar refractivity (Wildman–Crippen MR) is 138 cm³/mol. The van der Waals surface area contributed by atoms with Crippen molar-refractivity contribution in [1.82, 2.24) is 15.3 Å². The maximum Gasteiger partial charge on any atom is 0.253 e. The first kappa shape index (κ1) is 23.6. The van der Waals surface area contributed by atoms with Crippen LogP contribution in [0.5, 0.6) is 5.75 Å². The van der Waals surface area contributed by atoms with Gasteiger partial charge in [0.2, 0.25) is 0 Å². The molecule has 1 fully saturated rings. The molecule has 1 aliphatic rings. The lowest BCUT2D eigenvalue weighted by atomic mass is 10.1. The number of hydrogen-bond donors (Lipinski definition) is 3. The third-order valence-electron chi connectivity index (χ3n) is 6.32. The van der Waals surface area contributed by atoms with Crippen LogP contribution < -0.4 is 10.2 Å². The summed E-state index contributed by atoms with van der Waals surface area (Å²) in [5.74, 6) is -1.28. The summed E-state index contributed by atoms with van der Waals surface area (Å²) in [7, 11) is 0. The number of halogens is 2. The largest absolute Gasteiger partial charge is 0.507 e. The van der Waals surface area contributed by atoms with Gasteiger partial charge in [-0.1, -0.05) is 24.3 Å². The molecule has 1 aromatic heterocycles. The van der Waals surface area contributed by atoms with E-state index in [0.29, 0.717) is 36.4 Å². The van der Waals surface area contributed by atoms with E-state index in [1.165, 1.54) is 42.5 Å². The smallest absolute Gasteiger partial charge is 0.253 e. The Balaban J connectivity index is 0.00000178.